The third-order valence-electron chi connectivity index (χ3n) is 20.1. The number of nitrogens with zero attached hydrogens (tertiary/aromatic N) is 7. The van der Waals surface area contributed by atoms with E-state index in [-0.39, 0.29) is 23.6 Å². The van der Waals surface area contributed by atoms with Crippen molar-refractivity contribution in [2.45, 2.75) is 0 Å². The van der Waals surface area contributed by atoms with E-state index in [4.69, 9.17) is 29.2 Å². The van der Waals surface area contributed by atoms with Gasteiger partial charge in [0, 0.05) is 94.8 Å². The van der Waals surface area contributed by atoms with Crippen LogP contribution in [-0.2, 0) is 0 Å². The first kappa shape index (κ1) is 68.9. The first-order chi connectivity index (χ1) is 54.5. The minimum absolute atomic E-state index is 0.327. The number of methoxy groups -OCH3 is 3. The molecule has 16 heteroatoms. The highest BCUT2D eigenvalue weighted by Gasteiger charge is 2.39. The van der Waals surface area contributed by atoms with Crippen LogP contribution in [0.5, 0.6) is 17.2 Å². The maximum absolute atomic E-state index is 13.9. The van der Waals surface area contributed by atoms with Crippen LogP contribution in [0.15, 0.2) is 328 Å². The van der Waals surface area contributed by atoms with E-state index < -0.39 is 11.8 Å². The fraction of sp³-hybridized carbons (Fsp3) is 0.0316. The SMILES string of the molecule is COc1ccc2c3c(ccc(-c4ccc(-c5ccncc5)cc4)c13)C(=O)N(c1ccccc1)C2=O.COc1ccc2c3c(ccc(-c4ccccc4)c13)C(=O)N(c1ccccc1)C2=O.COc1ccc2c3c(ccc(-c4nc(-c5ccccc5)nc(-c5ccc(-c6ccccc6)cc5)n4)c13)C(=O)N(c1ccccc1)C2=O. The number of pyridine rings is 1. The number of rotatable bonds is 13. The lowest BCUT2D eigenvalue weighted by Crippen LogP contribution is -2.40. The van der Waals surface area contributed by atoms with Crippen molar-refractivity contribution in [3.05, 3.63) is 361 Å². The monoisotopic (exact) mass is 1450 g/mol. The lowest BCUT2D eigenvalue weighted by molar-refractivity contribution is 0.0877. The average Bonchev–Trinajstić information content (AvgIpc) is 0.731. The van der Waals surface area contributed by atoms with Gasteiger partial charge in [-0.05, 0) is 154 Å². The number of hydrogen-bond acceptors (Lipinski definition) is 13. The number of aromatic nitrogens is 4. The Morgan fingerprint density at radius 3 is 0.793 bits per heavy atom. The van der Waals surface area contributed by atoms with Crippen LogP contribution in [0.1, 0.15) is 62.1 Å². The summed E-state index contributed by atoms with van der Waals surface area (Å²) in [6.07, 6.45) is 3.54. The van der Waals surface area contributed by atoms with E-state index in [1.807, 2.05) is 182 Å². The number of para-hydroxylation sites is 3. The Bertz CT molecular complexity index is 6310. The Labute approximate surface area is 637 Å². The van der Waals surface area contributed by atoms with Crippen LogP contribution in [0.2, 0.25) is 0 Å². The van der Waals surface area contributed by atoms with Gasteiger partial charge in [0.15, 0.2) is 17.5 Å². The second kappa shape index (κ2) is 29.3. The standard InChI is InChI=1S/C40H26N4O3.C30H20N2O3.C25H17NO3/c1-47-33-24-23-32-34-31(39(45)44(40(32)46)29-15-9-4-10-16-29)22-21-30(35(33)34)38-42-36(27-13-7-3-8-14-27)41-37(43-38)28-19-17-26(18-20-28)25-11-5-2-6-12-25;1-35-26-14-13-25-27-24(29(33)32(30(25)34)22-5-3-2-4-6-22)12-11-23(28(26)27)21-9-7-19(8-10-21)20-15-17-31-18-16-20;1-29-21-15-14-20-22-19(13-12-18(23(21)22)16-8-4-2-5-9-16)24(27)26(25(20)28)17-10-6-3-7-11-17/h2-24H,1H3;2-18H,1H3;2-15H,1H3. The van der Waals surface area contributed by atoms with Crippen molar-refractivity contribution in [3.63, 3.8) is 0 Å². The van der Waals surface area contributed by atoms with Crippen molar-refractivity contribution in [2.75, 3.05) is 36.0 Å². The summed E-state index contributed by atoms with van der Waals surface area (Å²) in [4.78, 5) is 104. The molecule has 0 bridgehead atoms. The van der Waals surface area contributed by atoms with Crippen molar-refractivity contribution in [3.8, 4) is 95.9 Å². The molecule has 0 fully saturated rings. The molecule has 5 heterocycles. The number of carbonyl (C=O) groups excluding carboxylic acids is 6. The van der Waals surface area contributed by atoms with Crippen LogP contribution in [0.4, 0.5) is 17.1 Å². The molecule has 3 aliphatic heterocycles. The van der Waals surface area contributed by atoms with Gasteiger partial charge in [0.2, 0.25) is 0 Å². The van der Waals surface area contributed by atoms with Crippen molar-refractivity contribution in [1.29, 1.82) is 0 Å². The molecule has 111 heavy (non-hydrogen) atoms. The largest absolute Gasteiger partial charge is 0.496 e. The smallest absolute Gasteiger partial charge is 0.265 e. The zero-order valence-corrected chi connectivity index (χ0v) is 60.0. The molecule has 0 saturated heterocycles. The zero-order valence-electron chi connectivity index (χ0n) is 60.0. The summed E-state index contributed by atoms with van der Waals surface area (Å²) in [6.45, 7) is 0. The van der Waals surface area contributed by atoms with E-state index in [0.717, 1.165) is 66.4 Å². The van der Waals surface area contributed by atoms with Gasteiger partial charge in [0.25, 0.3) is 35.4 Å². The topological polar surface area (TPSA) is 191 Å². The molecule has 14 aromatic carbocycles. The normalized spacial score (nSPS) is 12.7. The lowest BCUT2D eigenvalue weighted by Gasteiger charge is -2.28. The molecule has 0 radical (unpaired) electrons. The molecule has 19 rings (SSSR count). The summed E-state index contributed by atoms with van der Waals surface area (Å²) in [5, 5.41) is 3.92. The van der Waals surface area contributed by atoms with E-state index >= 15 is 0 Å². The number of amides is 6. The van der Waals surface area contributed by atoms with Gasteiger partial charge in [-0.3, -0.25) is 33.8 Å². The molecule has 0 spiro atoms. The maximum atomic E-state index is 13.9. The Morgan fingerprint density at radius 1 is 0.207 bits per heavy atom. The Hall–Kier alpha value is -15.2. The fourth-order valence-electron chi connectivity index (χ4n) is 14.9. The van der Waals surface area contributed by atoms with Gasteiger partial charge in [-0.25, -0.2) is 29.7 Å². The van der Waals surface area contributed by atoms with Crippen molar-refractivity contribution in [1.82, 2.24) is 19.9 Å². The van der Waals surface area contributed by atoms with Gasteiger partial charge in [-0.2, -0.15) is 0 Å². The number of imide groups is 3. The number of carbonyl (C=O) groups is 6. The molecule has 6 amide bonds. The zero-order chi connectivity index (χ0) is 75.8. The molecule has 3 aliphatic rings. The van der Waals surface area contributed by atoms with Crippen LogP contribution in [0.25, 0.3) is 111 Å². The number of anilines is 3. The van der Waals surface area contributed by atoms with Crippen LogP contribution in [-0.4, -0.2) is 76.7 Å². The number of ether oxygens (including phenoxy) is 3. The molecule has 532 valence electrons. The summed E-state index contributed by atoms with van der Waals surface area (Å²) >= 11 is 0. The summed E-state index contributed by atoms with van der Waals surface area (Å²) in [5.74, 6) is 1.01. The predicted octanol–water partition coefficient (Wildman–Crippen LogP) is 20.2. The molecule has 16 aromatic rings. The highest BCUT2D eigenvalue weighted by atomic mass is 16.5. The van der Waals surface area contributed by atoms with Gasteiger partial charge in [0.1, 0.15) is 17.2 Å². The van der Waals surface area contributed by atoms with Crippen LogP contribution in [0, 0.1) is 0 Å². The van der Waals surface area contributed by atoms with Crippen molar-refractivity contribution < 1.29 is 43.0 Å². The van der Waals surface area contributed by atoms with Crippen LogP contribution >= 0.6 is 0 Å². The molecule has 0 unspecified atom stereocenters. The third kappa shape index (κ3) is 12.4. The molecule has 2 aromatic heterocycles. The van der Waals surface area contributed by atoms with E-state index in [1.54, 1.807) is 131 Å². The van der Waals surface area contributed by atoms with Gasteiger partial charge in [-0.15, -0.1) is 0 Å². The van der Waals surface area contributed by atoms with E-state index in [2.05, 4.69) is 41.4 Å². The molecule has 0 saturated carbocycles. The first-order valence-electron chi connectivity index (χ1n) is 35.7. The summed E-state index contributed by atoms with van der Waals surface area (Å²) in [5.41, 5.74) is 14.8. The minimum Gasteiger partial charge on any atom is -0.496 e. The second-order valence-corrected chi connectivity index (χ2v) is 26.3. The molecule has 0 atom stereocenters. The molecule has 0 N–H and O–H groups in total. The number of hydrogen-bond donors (Lipinski definition) is 0. The van der Waals surface area contributed by atoms with Crippen molar-refractivity contribution >= 4 is 84.8 Å². The summed E-state index contributed by atoms with van der Waals surface area (Å²) in [6, 6.07) is 98.6. The van der Waals surface area contributed by atoms with Gasteiger partial charge >= 0.3 is 0 Å². The number of benzene rings is 14. The highest BCUT2D eigenvalue weighted by molar-refractivity contribution is 6.39. The molecular weight excluding hydrogens is 1380 g/mol. The Morgan fingerprint density at radius 2 is 0.441 bits per heavy atom. The predicted molar refractivity (Wildman–Crippen MR) is 433 cm³/mol. The average molecular weight is 1450 g/mol. The molecule has 0 aliphatic carbocycles. The minimum atomic E-state index is -0.404. The van der Waals surface area contributed by atoms with Gasteiger partial charge < -0.3 is 14.2 Å². The quantitative estimate of drug-likeness (QED) is 0.0992. The van der Waals surface area contributed by atoms with E-state index in [9.17, 15) is 28.8 Å². The van der Waals surface area contributed by atoms with E-state index in [1.165, 1.54) is 14.7 Å². The molecular formula is C95H63N7O9. The Kier molecular flexibility index (Phi) is 18.2. The fourth-order valence-corrected chi connectivity index (χ4v) is 14.9. The first-order valence-corrected chi connectivity index (χ1v) is 35.7. The van der Waals surface area contributed by atoms with Crippen molar-refractivity contribution in [2.24, 2.45) is 0 Å². The van der Waals surface area contributed by atoms with Gasteiger partial charge in [0.05, 0.1) is 38.4 Å². The maximum Gasteiger partial charge on any atom is 0.265 e. The lowest BCUT2D eigenvalue weighted by atomic mass is 9.88. The van der Waals surface area contributed by atoms with Gasteiger partial charge in [-0.1, -0.05) is 206 Å². The summed E-state index contributed by atoms with van der Waals surface area (Å²) < 4.78 is 17.1. The van der Waals surface area contributed by atoms with Crippen LogP contribution < -0.4 is 28.9 Å². The second-order valence-electron chi connectivity index (χ2n) is 26.3. The summed E-state index contributed by atoms with van der Waals surface area (Å²) in [7, 11) is 4.77. The molecule has 16 nitrogen and oxygen atoms in total. The Balaban J connectivity index is 0.000000125. The third-order valence-corrected chi connectivity index (χ3v) is 20.1. The highest BCUT2D eigenvalue weighted by Crippen LogP contribution is 2.47. The van der Waals surface area contributed by atoms with E-state index in [0.29, 0.717) is 112 Å². The van der Waals surface area contributed by atoms with Crippen LogP contribution in [0.3, 0.4) is 0 Å².